The van der Waals surface area contributed by atoms with Crippen molar-refractivity contribution in [3.05, 3.63) is 66.2 Å². The number of esters is 1. The van der Waals surface area contributed by atoms with Gasteiger partial charge >= 0.3 is 11.9 Å². The maximum Gasteiger partial charge on any atom is 0.337 e. The van der Waals surface area contributed by atoms with Gasteiger partial charge in [-0.1, -0.05) is 30.3 Å². The Kier molecular flexibility index (Phi) is 4.36. The zero-order chi connectivity index (χ0) is 15.2. The fourth-order valence-corrected chi connectivity index (χ4v) is 1.69. The van der Waals surface area contributed by atoms with E-state index in [9.17, 15) is 14.7 Å². The van der Waals surface area contributed by atoms with Crippen molar-refractivity contribution < 1.29 is 19.4 Å². The lowest BCUT2D eigenvalue weighted by Gasteiger charge is -2.04. The molecule has 0 aliphatic heterocycles. The Balaban J connectivity index is 2.20. The third-order valence-corrected chi connectivity index (χ3v) is 2.68. The van der Waals surface area contributed by atoms with E-state index in [1.165, 1.54) is 12.1 Å². The van der Waals surface area contributed by atoms with Crippen molar-refractivity contribution in [2.75, 3.05) is 5.73 Å². The van der Waals surface area contributed by atoms with Gasteiger partial charge in [0.05, 0.1) is 5.57 Å². The lowest BCUT2D eigenvalue weighted by Crippen LogP contribution is -2.08. The van der Waals surface area contributed by atoms with Gasteiger partial charge in [0.2, 0.25) is 0 Å². The summed E-state index contributed by atoms with van der Waals surface area (Å²) in [5.74, 6) is -1.67. The number of carbonyl (C=O) groups excluding carboxylic acids is 1. The summed E-state index contributed by atoms with van der Waals surface area (Å²) in [6.45, 7) is 0. The van der Waals surface area contributed by atoms with Gasteiger partial charge in [0, 0.05) is 11.8 Å². The molecule has 5 heteroatoms. The summed E-state index contributed by atoms with van der Waals surface area (Å²) in [6.07, 6.45) is 0.952. The first-order valence-corrected chi connectivity index (χ1v) is 6.14. The fraction of sp³-hybridized carbons (Fsp3) is 0. The van der Waals surface area contributed by atoms with E-state index < -0.39 is 11.9 Å². The number of carbonyl (C=O) groups is 2. The minimum atomic E-state index is -1.20. The maximum absolute atomic E-state index is 11.8. The lowest BCUT2D eigenvalue weighted by atomic mass is 10.1. The van der Waals surface area contributed by atoms with Crippen LogP contribution in [0.1, 0.15) is 5.56 Å². The van der Waals surface area contributed by atoms with Gasteiger partial charge in [-0.05, 0) is 29.8 Å². The molecule has 0 heterocycles. The summed E-state index contributed by atoms with van der Waals surface area (Å²) < 4.78 is 5.04. The normalized spacial score (nSPS) is 11.0. The van der Waals surface area contributed by atoms with E-state index in [0.717, 1.165) is 6.08 Å². The first kappa shape index (κ1) is 14.3. The molecule has 0 atom stereocenters. The Hall–Kier alpha value is -3.08. The average molecular weight is 283 g/mol. The van der Waals surface area contributed by atoms with Crippen LogP contribution in [0.4, 0.5) is 5.69 Å². The van der Waals surface area contributed by atoms with Crippen LogP contribution in [0, 0.1) is 0 Å². The third-order valence-electron chi connectivity index (χ3n) is 2.68. The molecular weight excluding hydrogens is 270 g/mol. The monoisotopic (exact) mass is 283 g/mol. The van der Waals surface area contributed by atoms with E-state index >= 15 is 0 Å². The van der Waals surface area contributed by atoms with Crippen LogP contribution in [0.2, 0.25) is 0 Å². The quantitative estimate of drug-likeness (QED) is 0.389. The minimum absolute atomic E-state index is 0.129. The van der Waals surface area contributed by atoms with Crippen molar-refractivity contribution in [1.82, 2.24) is 0 Å². The SMILES string of the molecule is Nc1ccc(OC(=O)/C=C(/C(=O)O)c2ccccc2)cc1. The van der Waals surface area contributed by atoms with Crippen molar-refractivity contribution in [1.29, 1.82) is 0 Å². The molecule has 2 aromatic rings. The molecule has 0 amide bonds. The van der Waals surface area contributed by atoms with E-state index in [1.807, 2.05) is 0 Å². The molecule has 0 aliphatic carbocycles. The second-order valence-electron chi connectivity index (χ2n) is 4.22. The lowest BCUT2D eigenvalue weighted by molar-refractivity contribution is -0.132. The second kappa shape index (κ2) is 6.38. The number of carboxylic acid groups (broad SMARTS) is 1. The van der Waals surface area contributed by atoms with Crippen LogP contribution in [-0.2, 0) is 9.59 Å². The highest BCUT2D eigenvalue weighted by molar-refractivity contribution is 6.19. The molecule has 2 aromatic carbocycles. The van der Waals surface area contributed by atoms with E-state index in [4.69, 9.17) is 10.5 Å². The van der Waals surface area contributed by atoms with Crippen LogP contribution < -0.4 is 10.5 Å². The predicted octanol–water partition coefficient (Wildman–Crippen LogP) is 2.34. The molecule has 2 rings (SSSR count). The van der Waals surface area contributed by atoms with E-state index in [-0.39, 0.29) is 5.57 Å². The molecule has 5 nitrogen and oxygen atoms in total. The summed E-state index contributed by atoms with van der Waals surface area (Å²) >= 11 is 0. The molecule has 21 heavy (non-hydrogen) atoms. The molecule has 0 saturated heterocycles. The van der Waals surface area contributed by atoms with Crippen LogP contribution in [0.5, 0.6) is 5.75 Å². The number of benzene rings is 2. The molecule has 0 bridgehead atoms. The second-order valence-corrected chi connectivity index (χ2v) is 4.22. The Morgan fingerprint density at radius 3 is 2.19 bits per heavy atom. The van der Waals surface area contributed by atoms with Crippen LogP contribution >= 0.6 is 0 Å². The number of aliphatic carboxylic acids is 1. The number of anilines is 1. The highest BCUT2D eigenvalue weighted by atomic mass is 16.5. The maximum atomic E-state index is 11.8. The molecule has 0 spiro atoms. The van der Waals surface area contributed by atoms with Gasteiger partial charge < -0.3 is 15.6 Å². The third kappa shape index (κ3) is 3.94. The molecule has 0 saturated carbocycles. The summed E-state index contributed by atoms with van der Waals surface area (Å²) in [5, 5.41) is 9.19. The average Bonchev–Trinajstić information content (AvgIpc) is 2.48. The number of nitrogens with two attached hydrogens (primary N) is 1. The highest BCUT2D eigenvalue weighted by Gasteiger charge is 2.13. The topological polar surface area (TPSA) is 89.6 Å². The molecule has 0 aliphatic rings. The number of hydrogen-bond acceptors (Lipinski definition) is 4. The molecular formula is C16H13NO4. The van der Waals surface area contributed by atoms with Crippen molar-refractivity contribution in [3.63, 3.8) is 0 Å². The minimum Gasteiger partial charge on any atom is -0.478 e. The van der Waals surface area contributed by atoms with E-state index in [2.05, 4.69) is 0 Å². The number of nitrogen functional groups attached to an aromatic ring is 1. The number of hydrogen-bond donors (Lipinski definition) is 2. The molecule has 106 valence electrons. The van der Waals surface area contributed by atoms with Crippen LogP contribution in [0.3, 0.4) is 0 Å². The van der Waals surface area contributed by atoms with E-state index in [1.54, 1.807) is 42.5 Å². The largest absolute Gasteiger partial charge is 0.478 e. The van der Waals surface area contributed by atoms with E-state index in [0.29, 0.717) is 17.0 Å². The van der Waals surface area contributed by atoms with Crippen LogP contribution in [0.15, 0.2) is 60.7 Å². The van der Waals surface area contributed by atoms with Crippen molar-refractivity contribution in [2.45, 2.75) is 0 Å². The molecule has 0 fully saturated rings. The van der Waals surface area contributed by atoms with Gasteiger partial charge in [-0.2, -0.15) is 0 Å². The Labute approximate surface area is 121 Å². The molecule has 0 radical (unpaired) electrons. The Morgan fingerprint density at radius 1 is 1.00 bits per heavy atom. The van der Waals surface area contributed by atoms with Gasteiger partial charge in [-0.25, -0.2) is 9.59 Å². The van der Waals surface area contributed by atoms with Crippen molar-refractivity contribution >= 4 is 23.2 Å². The van der Waals surface area contributed by atoms with Gasteiger partial charge in [-0.3, -0.25) is 0 Å². The number of carboxylic acids is 1. The summed E-state index contributed by atoms with van der Waals surface area (Å²) in [5.41, 5.74) is 6.37. The Morgan fingerprint density at radius 2 is 1.62 bits per heavy atom. The summed E-state index contributed by atoms with van der Waals surface area (Å²) in [6, 6.07) is 14.6. The summed E-state index contributed by atoms with van der Waals surface area (Å²) in [7, 11) is 0. The van der Waals surface area contributed by atoms with Gasteiger partial charge in [0.1, 0.15) is 5.75 Å². The number of rotatable bonds is 4. The van der Waals surface area contributed by atoms with Crippen molar-refractivity contribution in [3.8, 4) is 5.75 Å². The summed E-state index contributed by atoms with van der Waals surface area (Å²) in [4.78, 5) is 23.0. The zero-order valence-corrected chi connectivity index (χ0v) is 11.0. The molecule has 3 N–H and O–H groups in total. The standard InChI is InChI=1S/C16H13NO4/c17-12-6-8-13(9-7-12)21-15(18)10-14(16(19)20)11-4-2-1-3-5-11/h1-10H,17H2,(H,19,20)/b14-10+. The first-order valence-electron chi connectivity index (χ1n) is 6.14. The first-order chi connectivity index (χ1) is 10.1. The highest BCUT2D eigenvalue weighted by Crippen LogP contribution is 2.17. The van der Waals surface area contributed by atoms with Crippen LogP contribution in [0.25, 0.3) is 5.57 Å². The van der Waals surface area contributed by atoms with Gasteiger partial charge in [-0.15, -0.1) is 0 Å². The van der Waals surface area contributed by atoms with Crippen molar-refractivity contribution in [2.24, 2.45) is 0 Å². The zero-order valence-electron chi connectivity index (χ0n) is 11.0. The van der Waals surface area contributed by atoms with Gasteiger partial charge in [0.25, 0.3) is 0 Å². The number of ether oxygens (including phenoxy) is 1. The van der Waals surface area contributed by atoms with Gasteiger partial charge in [0.15, 0.2) is 0 Å². The molecule has 0 unspecified atom stereocenters. The predicted molar refractivity (Wildman–Crippen MR) is 78.5 cm³/mol. The molecule has 0 aromatic heterocycles. The van der Waals surface area contributed by atoms with Crippen LogP contribution in [-0.4, -0.2) is 17.0 Å². The smallest absolute Gasteiger partial charge is 0.337 e. The Bertz CT molecular complexity index is 675. The fourth-order valence-electron chi connectivity index (χ4n) is 1.69.